The number of aliphatic carboxylic acids is 1. The lowest BCUT2D eigenvalue weighted by atomic mass is 10.3. The first-order chi connectivity index (χ1) is 12.7. The van der Waals surface area contributed by atoms with Gasteiger partial charge in [0.15, 0.2) is 0 Å². The quantitative estimate of drug-likeness (QED) is 0.0833. The number of hydrogen-bond donors (Lipinski definition) is 9. The molecule has 174 valence electrons. The Morgan fingerprint density at radius 1 is 0.828 bits per heavy atom. The van der Waals surface area contributed by atoms with Gasteiger partial charge >= 0.3 is 36.4 Å². The van der Waals surface area contributed by atoms with Crippen molar-refractivity contribution < 1.29 is 72.0 Å². The minimum Gasteiger partial charge on any atom is -0.481 e. The Labute approximate surface area is 164 Å². The summed E-state index contributed by atoms with van der Waals surface area (Å²) in [6.07, 6.45) is -3.21. The molecule has 0 aromatic rings. The van der Waals surface area contributed by atoms with Gasteiger partial charge in [0.1, 0.15) is 6.23 Å². The molecule has 0 fully saturated rings. The zero-order valence-electron chi connectivity index (χ0n) is 14.8. The van der Waals surface area contributed by atoms with E-state index < -0.39 is 78.0 Å². The van der Waals surface area contributed by atoms with Crippen molar-refractivity contribution in [2.45, 2.75) is 43.5 Å². The smallest absolute Gasteiger partial charge is 0.355 e. The molecule has 0 saturated carbocycles. The summed E-state index contributed by atoms with van der Waals surface area (Å²) in [4.78, 5) is 85.2. The van der Waals surface area contributed by atoms with Gasteiger partial charge in [0.05, 0.1) is 0 Å². The van der Waals surface area contributed by atoms with Crippen LogP contribution in [0.15, 0.2) is 0 Å². The fraction of sp³-hybridized carbons (Fsp3) is 0.889. The minimum absolute atomic E-state index is 0.230. The zero-order chi connectivity index (χ0) is 23.4. The summed E-state index contributed by atoms with van der Waals surface area (Å²) in [6, 6.07) is 0. The highest BCUT2D eigenvalue weighted by atomic mass is 31.2. The molecule has 0 aliphatic heterocycles. The van der Waals surface area contributed by atoms with E-state index in [4.69, 9.17) is 9.84 Å². The maximum absolute atomic E-state index is 11.7. The summed E-state index contributed by atoms with van der Waals surface area (Å²) in [5.74, 6) is -1.26. The fourth-order valence-electron chi connectivity index (χ4n) is 2.36. The van der Waals surface area contributed by atoms with Gasteiger partial charge in [-0.25, -0.2) is 4.90 Å². The first-order valence-electron chi connectivity index (χ1n) is 7.56. The molecule has 16 nitrogen and oxygen atoms in total. The highest BCUT2D eigenvalue weighted by Crippen LogP contribution is 2.69. The van der Waals surface area contributed by atoms with Crippen LogP contribution in [0.25, 0.3) is 0 Å². The topological polar surface area (TPSA) is 280 Å². The van der Waals surface area contributed by atoms with Crippen molar-refractivity contribution in [2.24, 2.45) is 0 Å². The van der Waals surface area contributed by atoms with Gasteiger partial charge in [-0.3, -0.25) is 23.1 Å². The van der Waals surface area contributed by atoms with E-state index in [9.17, 15) is 62.2 Å². The van der Waals surface area contributed by atoms with Crippen molar-refractivity contribution in [1.82, 2.24) is 4.90 Å². The molecule has 9 N–H and O–H groups in total. The average Bonchev–Trinajstić information content (AvgIpc) is 2.40. The van der Waals surface area contributed by atoms with Crippen molar-refractivity contribution in [3.63, 3.8) is 0 Å². The van der Waals surface area contributed by atoms with Crippen molar-refractivity contribution in [2.75, 3.05) is 6.61 Å². The van der Waals surface area contributed by atoms with Crippen LogP contribution in [0.4, 0.5) is 0 Å². The molecule has 0 radical (unpaired) electrons. The van der Waals surface area contributed by atoms with E-state index in [0.717, 1.165) is 0 Å². The van der Waals surface area contributed by atoms with Gasteiger partial charge in [0.2, 0.25) is 11.0 Å². The third kappa shape index (κ3) is 9.34. The first-order valence-corrected chi connectivity index (χ1v) is 14.3. The maximum atomic E-state index is 11.7. The number of nitrogens with zero attached hydrogens (tertiary/aromatic N) is 1. The molecule has 0 aromatic carbocycles. The van der Waals surface area contributed by atoms with Crippen LogP contribution in [0.5, 0.6) is 0 Å². The third-order valence-corrected chi connectivity index (χ3v) is 10.3. The largest absolute Gasteiger partial charge is 0.481 e. The Morgan fingerprint density at radius 2 is 1.17 bits per heavy atom. The molecular weight excluding hydrogens is 486 g/mol. The summed E-state index contributed by atoms with van der Waals surface area (Å²) in [6.45, 7) is 0.632. The lowest BCUT2D eigenvalue weighted by Gasteiger charge is -2.41. The molecule has 0 aliphatic carbocycles. The summed E-state index contributed by atoms with van der Waals surface area (Å²) >= 11 is 0. The monoisotopic (exact) mass is 509 g/mol. The van der Waals surface area contributed by atoms with Gasteiger partial charge in [0, 0.05) is 13.0 Å². The molecule has 0 aromatic heterocycles. The van der Waals surface area contributed by atoms with Crippen LogP contribution in [0.1, 0.15) is 26.2 Å². The molecule has 0 bridgehead atoms. The maximum Gasteiger partial charge on any atom is 0.355 e. The molecule has 0 heterocycles. The van der Waals surface area contributed by atoms with Crippen LogP contribution in [0.3, 0.4) is 0 Å². The number of carboxylic acid groups (broad SMARTS) is 1. The van der Waals surface area contributed by atoms with Crippen LogP contribution >= 0.6 is 30.4 Å². The van der Waals surface area contributed by atoms with E-state index in [2.05, 4.69) is 0 Å². The van der Waals surface area contributed by atoms with Gasteiger partial charge in [-0.15, -0.1) is 0 Å². The van der Waals surface area contributed by atoms with Crippen LogP contribution in [-0.2, 0) is 27.8 Å². The summed E-state index contributed by atoms with van der Waals surface area (Å²) < 4.78 is 52.0. The lowest BCUT2D eigenvalue weighted by Crippen LogP contribution is -2.50. The Morgan fingerprint density at radius 3 is 1.41 bits per heavy atom. The minimum atomic E-state index is -5.97. The van der Waals surface area contributed by atoms with E-state index >= 15 is 0 Å². The van der Waals surface area contributed by atoms with Crippen LogP contribution in [0.2, 0.25) is 0 Å². The molecule has 0 amide bonds. The highest BCUT2D eigenvalue weighted by Gasteiger charge is 2.60. The third-order valence-electron chi connectivity index (χ3n) is 3.26. The van der Waals surface area contributed by atoms with Gasteiger partial charge in [-0.05, 0) is 12.8 Å². The van der Waals surface area contributed by atoms with Crippen LogP contribution < -0.4 is 0 Å². The molecule has 1 unspecified atom stereocenters. The molecule has 1 atom stereocenters. The number of rotatable bonds is 13. The molecule has 20 heteroatoms. The normalized spacial score (nSPS) is 15.3. The second kappa shape index (κ2) is 10.5. The molecule has 0 saturated heterocycles. The Kier molecular flexibility index (Phi) is 10.5. The van der Waals surface area contributed by atoms with Crippen molar-refractivity contribution in [3.8, 4) is 0 Å². The second-order valence-corrected chi connectivity index (χ2v) is 13.2. The van der Waals surface area contributed by atoms with Crippen molar-refractivity contribution in [3.05, 3.63) is 0 Å². The van der Waals surface area contributed by atoms with Crippen LogP contribution in [0, 0.1) is 0 Å². The van der Waals surface area contributed by atoms with Crippen LogP contribution in [-0.4, -0.2) is 79.0 Å². The van der Waals surface area contributed by atoms with Gasteiger partial charge < -0.3 is 49.0 Å². The number of carboxylic acids is 1. The van der Waals surface area contributed by atoms with Crippen molar-refractivity contribution >= 4 is 36.4 Å². The second-order valence-electron chi connectivity index (χ2n) is 5.73. The lowest BCUT2D eigenvalue weighted by molar-refractivity contribution is -0.137. The Hall–Kier alpha value is -0.0100. The van der Waals surface area contributed by atoms with Gasteiger partial charge in [-0.2, -0.15) is 0 Å². The molecule has 0 rings (SSSR count). The van der Waals surface area contributed by atoms with E-state index in [-0.39, 0.29) is 6.42 Å². The zero-order valence-corrected chi connectivity index (χ0v) is 18.3. The van der Waals surface area contributed by atoms with E-state index in [1.54, 1.807) is 0 Å². The molecular formula is C9H23NO15P4. The average molecular weight is 509 g/mol. The molecule has 0 spiro atoms. The predicted octanol–water partition coefficient (Wildman–Crippen LogP) is -0.816. The molecule has 29 heavy (non-hydrogen) atoms. The number of carbonyl (C=O) groups is 1. The number of ether oxygens (including phenoxy) is 1. The predicted molar refractivity (Wildman–Crippen MR) is 94.5 cm³/mol. The standard InChI is InChI=1S/C9H23NO15P4/c1-2-6(25-5-3-4-7(11)12)10(8(26(13,14)15)27(16,17)18)9(28(19,20)21)29(22,23)24/h6,8-9H,2-5H2,1H3,(H,11,12)(H2,13,14,15)(H2,16,17,18)(H2,19,20,21)(H2,22,23,24). The summed E-state index contributed by atoms with van der Waals surface area (Å²) in [5.41, 5.74) is -6.71. The highest BCUT2D eigenvalue weighted by molar-refractivity contribution is 7.72. The van der Waals surface area contributed by atoms with Gasteiger partial charge in [0.25, 0.3) is 0 Å². The Balaban J connectivity index is 6.53. The molecule has 0 aliphatic rings. The van der Waals surface area contributed by atoms with Crippen molar-refractivity contribution in [1.29, 1.82) is 0 Å². The first kappa shape index (κ1) is 29.0. The van der Waals surface area contributed by atoms with E-state index in [1.165, 1.54) is 6.92 Å². The van der Waals surface area contributed by atoms with E-state index in [1.807, 2.05) is 0 Å². The summed E-state index contributed by atoms with van der Waals surface area (Å²) in [5, 5.41) is 8.57. The fourth-order valence-corrected chi connectivity index (χ4v) is 8.43. The number of hydrogen-bond acceptors (Lipinski definition) is 7. The van der Waals surface area contributed by atoms with Gasteiger partial charge in [-0.1, -0.05) is 6.92 Å². The summed E-state index contributed by atoms with van der Waals surface area (Å²) in [7, 11) is -23.9. The SMILES string of the molecule is CCC(OCCCC(=O)O)N(C(P(=O)(O)O)P(=O)(O)O)C(P(=O)(O)O)P(=O)(O)O. The van der Waals surface area contributed by atoms with E-state index in [0.29, 0.717) is 0 Å². The Bertz CT molecular complexity index is 655.